The smallest absolute Gasteiger partial charge is 0.416 e. The highest BCUT2D eigenvalue weighted by atomic mass is 19.4. The second-order valence-electron chi connectivity index (χ2n) is 8.75. The fourth-order valence-electron chi connectivity index (χ4n) is 5.05. The first-order valence-corrected chi connectivity index (χ1v) is 11.2. The minimum Gasteiger partial charge on any atom is -0.454 e. The van der Waals surface area contributed by atoms with Gasteiger partial charge in [0.05, 0.1) is 5.56 Å². The molecule has 0 aromatic heterocycles. The number of piperidine rings is 1. The molecule has 5 rings (SSSR count). The number of halogens is 3. The second-order valence-corrected chi connectivity index (χ2v) is 8.75. The van der Waals surface area contributed by atoms with Crippen molar-refractivity contribution in [2.75, 3.05) is 51.0 Å². The van der Waals surface area contributed by atoms with Crippen LogP contribution in [-0.4, -0.2) is 61.9 Å². The van der Waals surface area contributed by atoms with Crippen LogP contribution in [0.2, 0.25) is 0 Å². The van der Waals surface area contributed by atoms with Crippen LogP contribution in [0.5, 0.6) is 11.5 Å². The molecule has 0 amide bonds. The molecule has 1 atom stereocenters. The summed E-state index contributed by atoms with van der Waals surface area (Å²) in [5, 5.41) is 0. The summed E-state index contributed by atoms with van der Waals surface area (Å²) in [6.07, 6.45) is -2.00. The van der Waals surface area contributed by atoms with E-state index in [0.717, 1.165) is 81.8 Å². The van der Waals surface area contributed by atoms with Crippen molar-refractivity contribution in [2.24, 2.45) is 0 Å². The van der Waals surface area contributed by atoms with Crippen LogP contribution in [0.4, 0.5) is 18.9 Å². The molecule has 0 saturated carbocycles. The fourth-order valence-corrected chi connectivity index (χ4v) is 5.05. The van der Waals surface area contributed by atoms with E-state index >= 15 is 0 Å². The molecule has 3 aliphatic rings. The van der Waals surface area contributed by atoms with Gasteiger partial charge in [0.1, 0.15) is 0 Å². The number of fused-ring (bicyclic) bond motifs is 1. The Bertz CT molecular complexity index is 944. The van der Waals surface area contributed by atoms with E-state index in [2.05, 4.69) is 20.8 Å². The van der Waals surface area contributed by atoms with Crippen LogP contribution in [0.1, 0.15) is 24.0 Å². The zero-order chi connectivity index (χ0) is 22.1. The molecule has 172 valence electrons. The SMILES string of the molecule is FC(F)(F)c1cccc(N2CCN([C@H]3CCCN(Cc4cccc5c4OCO5)C3)CC2)c1. The number of hydrogen-bond acceptors (Lipinski definition) is 5. The number of anilines is 1. The molecule has 0 bridgehead atoms. The molecular formula is C24H28F3N3O2. The van der Waals surface area contributed by atoms with Crippen molar-refractivity contribution in [1.82, 2.24) is 9.80 Å². The van der Waals surface area contributed by atoms with Crippen molar-refractivity contribution < 1.29 is 22.6 Å². The standard InChI is InChI=1S/C24H28F3N3O2/c25-24(26,27)19-5-2-6-20(14-19)29-10-12-30(13-11-29)21-7-3-9-28(16-21)15-18-4-1-8-22-23(18)32-17-31-22/h1-2,4-6,8,14,21H,3,7,9-13,15-17H2/t21-/m0/s1. The Labute approximate surface area is 186 Å². The van der Waals surface area contributed by atoms with E-state index in [9.17, 15) is 13.2 Å². The normalized spacial score (nSPS) is 22.3. The molecule has 2 fully saturated rings. The van der Waals surface area contributed by atoms with Gasteiger partial charge in [0.2, 0.25) is 6.79 Å². The van der Waals surface area contributed by atoms with Gasteiger partial charge < -0.3 is 14.4 Å². The predicted octanol–water partition coefficient (Wildman–Crippen LogP) is 4.22. The third kappa shape index (κ3) is 4.52. The van der Waals surface area contributed by atoms with Crippen molar-refractivity contribution in [3.8, 4) is 11.5 Å². The quantitative estimate of drug-likeness (QED) is 0.700. The largest absolute Gasteiger partial charge is 0.454 e. The molecule has 2 aromatic rings. The number of piperazine rings is 1. The van der Waals surface area contributed by atoms with Crippen molar-refractivity contribution >= 4 is 5.69 Å². The van der Waals surface area contributed by atoms with Crippen molar-refractivity contribution in [3.63, 3.8) is 0 Å². The van der Waals surface area contributed by atoms with Gasteiger partial charge in [-0.1, -0.05) is 18.2 Å². The summed E-state index contributed by atoms with van der Waals surface area (Å²) in [6.45, 7) is 6.40. The number of likely N-dealkylation sites (tertiary alicyclic amines) is 1. The lowest BCUT2D eigenvalue weighted by Crippen LogP contribution is -2.55. The van der Waals surface area contributed by atoms with Gasteiger partial charge in [0, 0.05) is 56.6 Å². The van der Waals surface area contributed by atoms with Gasteiger partial charge in [-0.15, -0.1) is 0 Å². The summed E-state index contributed by atoms with van der Waals surface area (Å²) in [5.74, 6) is 1.69. The Balaban J connectivity index is 1.18. The number of benzene rings is 2. The zero-order valence-electron chi connectivity index (χ0n) is 18.0. The number of hydrogen-bond donors (Lipinski definition) is 0. The highest BCUT2D eigenvalue weighted by molar-refractivity contribution is 5.50. The summed E-state index contributed by atoms with van der Waals surface area (Å²) < 4.78 is 50.3. The highest BCUT2D eigenvalue weighted by Crippen LogP contribution is 2.36. The van der Waals surface area contributed by atoms with Crippen LogP contribution in [0, 0.1) is 0 Å². The van der Waals surface area contributed by atoms with Crippen LogP contribution >= 0.6 is 0 Å². The summed E-state index contributed by atoms with van der Waals surface area (Å²) in [5.41, 5.74) is 1.24. The summed E-state index contributed by atoms with van der Waals surface area (Å²) in [6, 6.07) is 12.2. The third-order valence-electron chi connectivity index (χ3n) is 6.72. The molecule has 0 radical (unpaired) electrons. The summed E-state index contributed by atoms with van der Waals surface area (Å²) in [4.78, 5) is 7.05. The molecule has 3 aliphatic heterocycles. The first-order chi connectivity index (χ1) is 15.5. The summed E-state index contributed by atoms with van der Waals surface area (Å²) >= 11 is 0. The van der Waals surface area contributed by atoms with Gasteiger partial charge in [-0.2, -0.15) is 13.2 Å². The van der Waals surface area contributed by atoms with Gasteiger partial charge in [-0.25, -0.2) is 0 Å². The van der Waals surface area contributed by atoms with Crippen LogP contribution in [0.25, 0.3) is 0 Å². The average Bonchev–Trinajstić information content (AvgIpc) is 3.29. The van der Waals surface area contributed by atoms with Crippen molar-refractivity contribution in [3.05, 3.63) is 53.6 Å². The van der Waals surface area contributed by atoms with Crippen LogP contribution < -0.4 is 14.4 Å². The van der Waals surface area contributed by atoms with Crippen LogP contribution in [0.15, 0.2) is 42.5 Å². The van der Waals surface area contributed by atoms with Crippen molar-refractivity contribution in [1.29, 1.82) is 0 Å². The number of rotatable bonds is 4. The molecule has 0 spiro atoms. The number of ether oxygens (including phenoxy) is 2. The fraction of sp³-hybridized carbons (Fsp3) is 0.500. The Hall–Kier alpha value is -2.45. The van der Waals surface area contributed by atoms with Gasteiger partial charge >= 0.3 is 6.18 Å². The Kier molecular flexibility index (Phi) is 5.90. The molecule has 2 aromatic carbocycles. The number of alkyl halides is 3. The third-order valence-corrected chi connectivity index (χ3v) is 6.72. The lowest BCUT2D eigenvalue weighted by molar-refractivity contribution is -0.137. The first kappa shape index (κ1) is 21.4. The molecule has 0 unspecified atom stereocenters. The number of para-hydroxylation sites is 1. The molecule has 32 heavy (non-hydrogen) atoms. The Morgan fingerprint density at radius 3 is 2.56 bits per heavy atom. The number of nitrogens with zero attached hydrogens (tertiary/aromatic N) is 3. The summed E-state index contributed by atoms with van der Waals surface area (Å²) in [7, 11) is 0. The first-order valence-electron chi connectivity index (χ1n) is 11.2. The van der Waals surface area contributed by atoms with Gasteiger partial charge in [-0.3, -0.25) is 9.80 Å². The van der Waals surface area contributed by atoms with E-state index in [1.165, 1.54) is 12.1 Å². The van der Waals surface area contributed by atoms with Gasteiger partial charge in [0.25, 0.3) is 0 Å². The van der Waals surface area contributed by atoms with E-state index in [0.29, 0.717) is 11.7 Å². The molecule has 5 nitrogen and oxygen atoms in total. The Morgan fingerprint density at radius 1 is 0.938 bits per heavy atom. The highest BCUT2D eigenvalue weighted by Gasteiger charge is 2.32. The molecular weight excluding hydrogens is 419 g/mol. The molecule has 2 saturated heterocycles. The van der Waals surface area contributed by atoms with E-state index < -0.39 is 11.7 Å². The van der Waals surface area contributed by atoms with E-state index in [-0.39, 0.29) is 6.79 Å². The maximum absolute atomic E-state index is 13.1. The molecule has 0 aliphatic carbocycles. The van der Waals surface area contributed by atoms with Gasteiger partial charge in [-0.05, 0) is 43.7 Å². The Morgan fingerprint density at radius 2 is 1.75 bits per heavy atom. The van der Waals surface area contributed by atoms with Crippen LogP contribution in [-0.2, 0) is 12.7 Å². The predicted molar refractivity (Wildman–Crippen MR) is 116 cm³/mol. The van der Waals surface area contributed by atoms with Crippen molar-refractivity contribution in [2.45, 2.75) is 31.6 Å². The maximum atomic E-state index is 13.1. The zero-order valence-corrected chi connectivity index (χ0v) is 18.0. The topological polar surface area (TPSA) is 28.2 Å². The lowest BCUT2D eigenvalue weighted by Gasteiger charge is -2.44. The minimum absolute atomic E-state index is 0.283. The monoisotopic (exact) mass is 447 g/mol. The van der Waals surface area contributed by atoms with Crippen LogP contribution in [0.3, 0.4) is 0 Å². The van der Waals surface area contributed by atoms with Gasteiger partial charge in [0.15, 0.2) is 11.5 Å². The van der Waals surface area contributed by atoms with E-state index in [1.54, 1.807) is 6.07 Å². The molecule has 3 heterocycles. The van der Waals surface area contributed by atoms with E-state index in [4.69, 9.17) is 9.47 Å². The minimum atomic E-state index is -4.31. The maximum Gasteiger partial charge on any atom is 0.416 e. The second kappa shape index (κ2) is 8.83. The molecule has 0 N–H and O–H groups in total. The lowest BCUT2D eigenvalue weighted by atomic mass is 10.0. The van der Waals surface area contributed by atoms with E-state index in [1.807, 2.05) is 12.1 Å². The molecule has 8 heteroatoms. The average molecular weight is 448 g/mol.